The molecule has 0 aromatic heterocycles. The molecule has 2 rings (SSSR count). The van der Waals surface area contributed by atoms with Crippen LogP contribution in [0.25, 0.3) is 0 Å². The first kappa shape index (κ1) is 11.0. The molecule has 1 fully saturated rings. The quantitative estimate of drug-likeness (QED) is 0.580. The average Bonchev–Trinajstić information content (AvgIpc) is 2.57. The normalized spacial score (nSPS) is 16.9. The van der Waals surface area contributed by atoms with Crippen LogP contribution in [0, 0.1) is 5.41 Å². The number of rotatable bonds is 2. The van der Waals surface area contributed by atoms with Crippen molar-refractivity contribution >= 4 is 11.5 Å². The minimum absolute atomic E-state index is 0.126. The highest BCUT2D eigenvalue weighted by Gasteiger charge is 2.14. The van der Waals surface area contributed by atoms with Crippen molar-refractivity contribution in [1.29, 1.82) is 5.41 Å². The molecule has 0 spiro atoms. The summed E-state index contributed by atoms with van der Waals surface area (Å²) in [6.45, 7) is 3.39. The molecule has 86 valence electrons. The number of para-hydroxylation sites is 1. The summed E-state index contributed by atoms with van der Waals surface area (Å²) >= 11 is 0. The fraction of sp³-hybridized carbons (Fsp3) is 0.417. The van der Waals surface area contributed by atoms with Crippen LogP contribution in [-0.2, 0) is 4.74 Å². The number of benzene rings is 1. The molecule has 0 amide bonds. The Labute approximate surface area is 95.5 Å². The second-order valence-corrected chi connectivity index (χ2v) is 3.88. The van der Waals surface area contributed by atoms with Crippen molar-refractivity contribution in [2.75, 3.05) is 31.2 Å². The van der Waals surface area contributed by atoms with E-state index in [4.69, 9.17) is 15.9 Å². The van der Waals surface area contributed by atoms with Crippen LogP contribution in [0.2, 0.25) is 0 Å². The van der Waals surface area contributed by atoms with Gasteiger partial charge in [-0.05, 0) is 18.6 Å². The smallest absolute Gasteiger partial charge is 0.124 e. The van der Waals surface area contributed by atoms with Gasteiger partial charge in [0.05, 0.1) is 6.61 Å². The van der Waals surface area contributed by atoms with E-state index < -0.39 is 0 Å². The van der Waals surface area contributed by atoms with Crippen LogP contribution >= 0.6 is 0 Å². The second-order valence-electron chi connectivity index (χ2n) is 3.88. The number of nitrogens with zero attached hydrogens (tertiary/aromatic N) is 1. The van der Waals surface area contributed by atoms with E-state index in [0.29, 0.717) is 0 Å². The molecule has 1 saturated heterocycles. The maximum atomic E-state index is 7.57. The molecule has 1 aromatic rings. The average molecular weight is 219 g/mol. The number of anilines is 1. The monoisotopic (exact) mass is 219 g/mol. The van der Waals surface area contributed by atoms with Crippen molar-refractivity contribution in [3.05, 3.63) is 29.8 Å². The van der Waals surface area contributed by atoms with E-state index in [1.807, 2.05) is 24.3 Å². The molecule has 1 heterocycles. The van der Waals surface area contributed by atoms with Crippen molar-refractivity contribution in [3.8, 4) is 0 Å². The van der Waals surface area contributed by atoms with Gasteiger partial charge in [-0.2, -0.15) is 0 Å². The first-order valence-corrected chi connectivity index (χ1v) is 5.55. The standard InChI is InChI=1S/C12H17N3O/c13-12(14)10-4-1-2-5-11(10)15-6-3-8-16-9-7-15/h1-2,4-5H,3,6-9H2,(H3,13,14). The van der Waals surface area contributed by atoms with Crippen molar-refractivity contribution in [1.82, 2.24) is 0 Å². The van der Waals surface area contributed by atoms with Crippen molar-refractivity contribution in [3.63, 3.8) is 0 Å². The lowest BCUT2D eigenvalue weighted by atomic mass is 10.1. The molecule has 0 bridgehead atoms. The van der Waals surface area contributed by atoms with Gasteiger partial charge in [-0.25, -0.2) is 0 Å². The topological polar surface area (TPSA) is 62.3 Å². The first-order valence-electron chi connectivity index (χ1n) is 5.55. The predicted octanol–water partition coefficient (Wildman–Crippen LogP) is 1.20. The lowest BCUT2D eigenvalue weighted by Gasteiger charge is -2.24. The van der Waals surface area contributed by atoms with Gasteiger partial charge in [-0.15, -0.1) is 0 Å². The molecule has 0 saturated carbocycles. The summed E-state index contributed by atoms with van der Waals surface area (Å²) in [5.74, 6) is 0.126. The van der Waals surface area contributed by atoms with E-state index in [0.717, 1.165) is 44.0 Å². The van der Waals surface area contributed by atoms with Gasteiger partial charge in [-0.3, -0.25) is 5.41 Å². The zero-order valence-electron chi connectivity index (χ0n) is 9.28. The molecule has 4 nitrogen and oxygen atoms in total. The van der Waals surface area contributed by atoms with E-state index in [1.165, 1.54) is 0 Å². The van der Waals surface area contributed by atoms with Crippen molar-refractivity contribution in [2.24, 2.45) is 5.73 Å². The third-order valence-corrected chi connectivity index (χ3v) is 2.76. The molecule has 0 atom stereocenters. The lowest BCUT2D eigenvalue weighted by molar-refractivity contribution is 0.152. The van der Waals surface area contributed by atoms with Crippen LogP contribution in [0.1, 0.15) is 12.0 Å². The largest absolute Gasteiger partial charge is 0.384 e. The molecule has 0 radical (unpaired) electrons. The van der Waals surface area contributed by atoms with E-state index in [2.05, 4.69) is 4.90 Å². The predicted molar refractivity (Wildman–Crippen MR) is 65.1 cm³/mol. The summed E-state index contributed by atoms with van der Waals surface area (Å²) in [6.07, 6.45) is 1.02. The Morgan fingerprint density at radius 2 is 2.06 bits per heavy atom. The van der Waals surface area contributed by atoms with Gasteiger partial charge in [0.15, 0.2) is 0 Å². The second kappa shape index (κ2) is 4.99. The van der Waals surface area contributed by atoms with Gasteiger partial charge in [0.25, 0.3) is 0 Å². The number of ether oxygens (including phenoxy) is 1. The lowest BCUT2D eigenvalue weighted by Crippen LogP contribution is -2.28. The van der Waals surface area contributed by atoms with E-state index >= 15 is 0 Å². The molecule has 16 heavy (non-hydrogen) atoms. The Balaban J connectivity index is 2.27. The summed E-state index contributed by atoms with van der Waals surface area (Å²) in [6, 6.07) is 7.80. The number of nitrogens with two attached hydrogens (primary N) is 1. The maximum Gasteiger partial charge on any atom is 0.124 e. The highest BCUT2D eigenvalue weighted by molar-refractivity contribution is 6.00. The van der Waals surface area contributed by atoms with Gasteiger partial charge in [-0.1, -0.05) is 12.1 Å². The Morgan fingerprint density at radius 1 is 1.25 bits per heavy atom. The Bertz CT molecular complexity index is 370. The SMILES string of the molecule is N=C(N)c1ccccc1N1CCCOCC1. The zero-order chi connectivity index (χ0) is 11.4. The summed E-state index contributed by atoms with van der Waals surface area (Å²) in [7, 11) is 0. The summed E-state index contributed by atoms with van der Waals surface area (Å²) in [4.78, 5) is 2.24. The van der Waals surface area contributed by atoms with Crippen LogP contribution in [0.15, 0.2) is 24.3 Å². The minimum Gasteiger partial charge on any atom is -0.384 e. The number of amidine groups is 1. The summed E-state index contributed by atoms with van der Waals surface area (Å²) < 4.78 is 5.42. The van der Waals surface area contributed by atoms with E-state index in [-0.39, 0.29) is 5.84 Å². The fourth-order valence-electron chi connectivity index (χ4n) is 1.96. The molecule has 3 N–H and O–H groups in total. The molecule has 1 aliphatic heterocycles. The molecular formula is C12H17N3O. The molecule has 0 unspecified atom stereocenters. The van der Waals surface area contributed by atoms with Gasteiger partial charge >= 0.3 is 0 Å². The van der Waals surface area contributed by atoms with Crippen LogP contribution in [0.5, 0.6) is 0 Å². The van der Waals surface area contributed by atoms with Gasteiger partial charge in [0.2, 0.25) is 0 Å². The Hall–Kier alpha value is -1.55. The van der Waals surface area contributed by atoms with E-state index in [1.54, 1.807) is 0 Å². The molecule has 1 aliphatic rings. The first-order chi connectivity index (χ1) is 7.79. The van der Waals surface area contributed by atoms with Gasteiger partial charge < -0.3 is 15.4 Å². The molecule has 1 aromatic carbocycles. The minimum atomic E-state index is 0.126. The maximum absolute atomic E-state index is 7.57. The third kappa shape index (κ3) is 2.33. The Morgan fingerprint density at radius 3 is 2.88 bits per heavy atom. The number of nitrogens with one attached hydrogen (secondary N) is 1. The van der Waals surface area contributed by atoms with Crippen LogP contribution in [0.3, 0.4) is 0 Å². The molecular weight excluding hydrogens is 202 g/mol. The van der Waals surface area contributed by atoms with E-state index in [9.17, 15) is 0 Å². The number of hydrogen-bond donors (Lipinski definition) is 2. The summed E-state index contributed by atoms with van der Waals surface area (Å²) in [5, 5.41) is 7.57. The fourth-order valence-corrected chi connectivity index (χ4v) is 1.96. The van der Waals surface area contributed by atoms with Crippen molar-refractivity contribution in [2.45, 2.75) is 6.42 Å². The number of nitrogen functional groups attached to an aromatic ring is 1. The number of hydrogen-bond acceptors (Lipinski definition) is 3. The van der Waals surface area contributed by atoms with Crippen LogP contribution in [-0.4, -0.2) is 32.1 Å². The van der Waals surface area contributed by atoms with Crippen LogP contribution in [0.4, 0.5) is 5.69 Å². The zero-order valence-corrected chi connectivity index (χ0v) is 9.28. The summed E-state index contributed by atoms with van der Waals surface area (Å²) in [5.41, 5.74) is 7.44. The van der Waals surface area contributed by atoms with Crippen molar-refractivity contribution < 1.29 is 4.74 Å². The third-order valence-electron chi connectivity index (χ3n) is 2.76. The molecule has 4 heteroatoms. The highest BCUT2D eigenvalue weighted by Crippen LogP contribution is 2.20. The van der Waals surface area contributed by atoms with Gasteiger partial charge in [0.1, 0.15) is 5.84 Å². The molecule has 0 aliphatic carbocycles. The highest BCUT2D eigenvalue weighted by atomic mass is 16.5. The Kier molecular flexibility index (Phi) is 3.41. The van der Waals surface area contributed by atoms with Crippen LogP contribution < -0.4 is 10.6 Å². The van der Waals surface area contributed by atoms with Gasteiger partial charge in [0, 0.05) is 30.9 Å².